The molecule has 1 aliphatic heterocycles. The maximum Gasteiger partial charge on any atom is 0.340 e. The van der Waals surface area contributed by atoms with Crippen LogP contribution in [0, 0.1) is 0 Å². The molecule has 2 heterocycles. The van der Waals surface area contributed by atoms with Crippen LogP contribution < -0.4 is 0 Å². The molecule has 0 saturated heterocycles. The second-order valence-electron chi connectivity index (χ2n) is 9.97. The van der Waals surface area contributed by atoms with Crippen LogP contribution in [0.15, 0.2) is 34.2 Å². The summed E-state index contributed by atoms with van der Waals surface area (Å²) in [6.07, 6.45) is 5.64. The fraction of sp³-hybridized carbons (Fsp3) is 0.567. The number of hydrogen-bond donors (Lipinski definition) is 1. The minimum atomic E-state index is -0.631. The van der Waals surface area contributed by atoms with E-state index in [4.69, 9.17) is 14.7 Å². The van der Waals surface area contributed by atoms with Crippen molar-refractivity contribution in [2.24, 2.45) is 4.99 Å². The van der Waals surface area contributed by atoms with Gasteiger partial charge in [-0.25, -0.2) is 4.79 Å². The molecule has 5 heteroatoms. The Labute approximate surface area is 215 Å². The van der Waals surface area contributed by atoms with Gasteiger partial charge < -0.3 is 4.74 Å². The first-order chi connectivity index (χ1) is 16.8. The number of ether oxygens (including phenoxy) is 1. The summed E-state index contributed by atoms with van der Waals surface area (Å²) in [7, 11) is -0.631. The number of benzene rings is 1. The van der Waals surface area contributed by atoms with Gasteiger partial charge in [0.05, 0.1) is 28.6 Å². The predicted octanol–water partition coefficient (Wildman–Crippen LogP) is 8.09. The lowest BCUT2D eigenvalue weighted by Crippen LogP contribution is -2.18. The van der Waals surface area contributed by atoms with Crippen molar-refractivity contribution in [2.75, 3.05) is 18.9 Å². The Morgan fingerprint density at radius 1 is 1.00 bits per heavy atom. The molecule has 1 unspecified atom stereocenters. The number of rotatable bonds is 11. The summed E-state index contributed by atoms with van der Waals surface area (Å²) < 4.78 is 5.65. The van der Waals surface area contributed by atoms with Crippen molar-refractivity contribution in [2.45, 2.75) is 97.3 Å². The van der Waals surface area contributed by atoms with E-state index in [1.165, 1.54) is 34.8 Å². The first-order valence-corrected chi connectivity index (χ1v) is 15.0. The SMILES string of the molecule is CCCCCC1=NCC[SH]1c1c(C(C)C)nc(C(C)C)c(C(=O)OCC)c1-c1ccc(CC)cc1. The number of carbonyl (C=O) groups excluding carboxylic acids is 1. The second-order valence-corrected chi connectivity index (χ2v) is 12.2. The highest BCUT2D eigenvalue weighted by molar-refractivity contribution is 8.30. The van der Waals surface area contributed by atoms with Crippen LogP contribution in [0.5, 0.6) is 0 Å². The molecular weight excluding hydrogens is 452 g/mol. The van der Waals surface area contributed by atoms with E-state index >= 15 is 0 Å². The van der Waals surface area contributed by atoms with Crippen molar-refractivity contribution in [3.05, 3.63) is 46.8 Å². The van der Waals surface area contributed by atoms with E-state index in [2.05, 4.69) is 65.8 Å². The first-order valence-electron chi connectivity index (χ1n) is 13.5. The number of hydrogen-bond acceptors (Lipinski definition) is 4. The normalized spacial score (nSPS) is 16.7. The lowest BCUT2D eigenvalue weighted by molar-refractivity contribution is 0.0524. The van der Waals surface area contributed by atoms with Crippen molar-refractivity contribution >= 4 is 21.9 Å². The van der Waals surface area contributed by atoms with Gasteiger partial charge in [-0.2, -0.15) is 10.9 Å². The quantitative estimate of drug-likeness (QED) is 0.194. The van der Waals surface area contributed by atoms with Crippen LogP contribution in [0.1, 0.15) is 113 Å². The lowest BCUT2D eigenvalue weighted by atomic mass is 9.91. The third-order valence-electron chi connectivity index (χ3n) is 6.65. The number of thiol groups is 1. The highest BCUT2D eigenvalue weighted by Crippen LogP contribution is 2.52. The molecular formula is C30H44N2O2S. The van der Waals surface area contributed by atoms with Crippen LogP contribution in [-0.2, 0) is 11.2 Å². The maximum absolute atomic E-state index is 13.5. The van der Waals surface area contributed by atoms with Crippen molar-refractivity contribution in [3.8, 4) is 11.1 Å². The van der Waals surface area contributed by atoms with Crippen LogP contribution in [-0.4, -0.2) is 34.9 Å². The molecule has 0 N–H and O–H groups in total. The fourth-order valence-corrected chi connectivity index (χ4v) is 7.62. The number of unbranched alkanes of at least 4 members (excludes halogenated alkanes) is 2. The summed E-state index contributed by atoms with van der Waals surface area (Å²) in [5, 5.41) is 1.34. The number of aryl methyl sites for hydroxylation is 1. The van der Waals surface area contributed by atoms with E-state index in [9.17, 15) is 4.79 Å². The Hall–Kier alpha value is -2.14. The predicted molar refractivity (Wildman–Crippen MR) is 152 cm³/mol. The van der Waals surface area contributed by atoms with Gasteiger partial charge in [0, 0.05) is 22.8 Å². The first kappa shape index (κ1) is 27.4. The molecule has 0 aliphatic carbocycles. The number of aliphatic imine (C=N–C) groups is 1. The number of esters is 1. The molecule has 0 saturated carbocycles. The Balaban J connectivity index is 2.35. The smallest absolute Gasteiger partial charge is 0.340 e. The lowest BCUT2D eigenvalue weighted by Gasteiger charge is -2.29. The molecule has 3 rings (SSSR count). The molecule has 0 spiro atoms. The van der Waals surface area contributed by atoms with Crippen LogP contribution >= 0.6 is 10.9 Å². The van der Waals surface area contributed by atoms with Crippen LogP contribution in [0.3, 0.4) is 0 Å². The van der Waals surface area contributed by atoms with Crippen LogP contribution in [0.25, 0.3) is 11.1 Å². The molecule has 1 aromatic heterocycles. The molecule has 0 fully saturated rings. The number of aromatic nitrogens is 1. The molecule has 2 aromatic rings. The van der Waals surface area contributed by atoms with E-state index in [1.54, 1.807) is 0 Å². The zero-order chi connectivity index (χ0) is 25.5. The summed E-state index contributed by atoms with van der Waals surface area (Å²) in [4.78, 5) is 25.0. The molecule has 0 bridgehead atoms. The topological polar surface area (TPSA) is 51.5 Å². The van der Waals surface area contributed by atoms with Crippen LogP contribution in [0.4, 0.5) is 0 Å². The van der Waals surface area contributed by atoms with Crippen molar-refractivity contribution < 1.29 is 9.53 Å². The molecule has 1 atom stereocenters. The second kappa shape index (κ2) is 12.7. The number of carbonyl (C=O) groups is 1. The molecule has 35 heavy (non-hydrogen) atoms. The zero-order valence-corrected chi connectivity index (χ0v) is 23.7. The van der Waals surface area contributed by atoms with Crippen LogP contribution in [0.2, 0.25) is 0 Å². The monoisotopic (exact) mass is 496 g/mol. The van der Waals surface area contributed by atoms with Gasteiger partial charge in [-0.3, -0.25) is 9.98 Å². The molecule has 1 aliphatic rings. The summed E-state index contributed by atoms with van der Waals surface area (Å²) in [6, 6.07) is 8.76. The Morgan fingerprint density at radius 3 is 2.26 bits per heavy atom. The molecule has 192 valence electrons. The number of pyridine rings is 1. The van der Waals surface area contributed by atoms with Crippen molar-refractivity contribution in [1.29, 1.82) is 0 Å². The average Bonchev–Trinajstić information content (AvgIpc) is 3.31. The molecule has 0 radical (unpaired) electrons. The van der Waals surface area contributed by atoms with E-state index in [-0.39, 0.29) is 17.8 Å². The maximum atomic E-state index is 13.5. The minimum absolute atomic E-state index is 0.115. The van der Waals surface area contributed by atoms with E-state index < -0.39 is 10.9 Å². The van der Waals surface area contributed by atoms with E-state index in [0.717, 1.165) is 47.7 Å². The Morgan fingerprint density at radius 2 is 1.69 bits per heavy atom. The van der Waals surface area contributed by atoms with Gasteiger partial charge in [-0.1, -0.05) is 78.6 Å². The summed E-state index contributed by atoms with van der Waals surface area (Å²) in [6.45, 7) is 16.2. The minimum Gasteiger partial charge on any atom is -0.462 e. The fourth-order valence-electron chi connectivity index (χ4n) is 4.79. The third-order valence-corrected chi connectivity index (χ3v) is 9.28. The van der Waals surface area contributed by atoms with Gasteiger partial charge >= 0.3 is 5.97 Å². The Bertz CT molecular complexity index is 1040. The highest BCUT2D eigenvalue weighted by atomic mass is 32.2. The Kier molecular flexibility index (Phi) is 9.97. The van der Waals surface area contributed by atoms with E-state index in [1.807, 2.05) is 6.92 Å². The van der Waals surface area contributed by atoms with Crippen molar-refractivity contribution in [1.82, 2.24) is 4.98 Å². The zero-order valence-electron chi connectivity index (χ0n) is 22.8. The van der Waals surface area contributed by atoms with Gasteiger partial charge in [0.2, 0.25) is 0 Å². The summed E-state index contributed by atoms with van der Waals surface area (Å²) in [5.41, 5.74) is 6.08. The van der Waals surface area contributed by atoms with Gasteiger partial charge in [0.15, 0.2) is 0 Å². The van der Waals surface area contributed by atoms with Gasteiger partial charge in [-0.15, -0.1) is 0 Å². The van der Waals surface area contributed by atoms with Gasteiger partial charge in [-0.05, 0) is 49.1 Å². The summed E-state index contributed by atoms with van der Waals surface area (Å²) >= 11 is 0. The average molecular weight is 497 g/mol. The number of nitrogens with zero attached hydrogens (tertiary/aromatic N) is 2. The molecule has 4 nitrogen and oxygen atoms in total. The van der Waals surface area contributed by atoms with E-state index in [0.29, 0.717) is 12.2 Å². The third kappa shape index (κ3) is 6.17. The van der Waals surface area contributed by atoms with Gasteiger partial charge in [0.25, 0.3) is 0 Å². The van der Waals surface area contributed by atoms with Gasteiger partial charge in [0.1, 0.15) is 0 Å². The standard InChI is InChI=1S/C30H44N2O2S/c1-8-11-12-13-24-31-18-19-35(24)29-25(23-16-14-22(9-2)15-17-23)26(30(33)34-10-3)27(20(4)5)32-28(29)21(6)7/h14-17,20-21,35H,8-13,18-19H2,1-7H3. The largest absolute Gasteiger partial charge is 0.462 e. The molecule has 1 aromatic carbocycles. The molecule has 0 amide bonds. The van der Waals surface area contributed by atoms with Crippen molar-refractivity contribution in [3.63, 3.8) is 0 Å². The highest BCUT2D eigenvalue weighted by Gasteiger charge is 2.33. The summed E-state index contributed by atoms with van der Waals surface area (Å²) in [5.74, 6) is 1.16.